The van der Waals surface area contributed by atoms with Crippen molar-refractivity contribution in [1.82, 2.24) is 10.3 Å². The van der Waals surface area contributed by atoms with Crippen molar-refractivity contribution in [3.63, 3.8) is 0 Å². The molecule has 29 heavy (non-hydrogen) atoms. The highest BCUT2D eigenvalue weighted by Gasteiger charge is 2.33. The molecular weight excluding hydrogens is 393 g/mol. The summed E-state index contributed by atoms with van der Waals surface area (Å²) in [7, 11) is 0. The zero-order chi connectivity index (χ0) is 20.6. The van der Waals surface area contributed by atoms with Crippen molar-refractivity contribution in [2.45, 2.75) is 50.8 Å². The van der Waals surface area contributed by atoms with Gasteiger partial charge in [0.05, 0.1) is 28.2 Å². The molecular formula is C22H27ClFN3O2. The number of rotatable bonds is 4. The third-order valence-electron chi connectivity index (χ3n) is 6.13. The maximum Gasteiger partial charge on any atom is 0.253 e. The first-order chi connectivity index (χ1) is 13.8. The largest absolute Gasteiger partial charge is 0.388 e. The summed E-state index contributed by atoms with van der Waals surface area (Å²) in [5.41, 5.74) is 0.138. The van der Waals surface area contributed by atoms with Crippen LogP contribution in [0.25, 0.3) is 10.9 Å². The molecule has 1 aliphatic heterocycles. The van der Waals surface area contributed by atoms with Crippen molar-refractivity contribution in [3.8, 4) is 0 Å². The third kappa shape index (κ3) is 4.33. The molecule has 0 radical (unpaired) electrons. The summed E-state index contributed by atoms with van der Waals surface area (Å²) in [6.45, 7) is 3.32. The summed E-state index contributed by atoms with van der Waals surface area (Å²) in [4.78, 5) is 19.5. The fraction of sp³-hybridized carbons (Fsp3) is 0.545. The first-order valence-corrected chi connectivity index (χ1v) is 10.7. The predicted molar refractivity (Wildman–Crippen MR) is 113 cm³/mol. The minimum atomic E-state index is -0.867. The Morgan fingerprint density at radius 1 is 1.38 bits per heavy atom. The summed E-state index contributed by atoms with van der Waals surface area (Å²) in [6.07, 6.45) is 3.14. The number of nitrogens with zero attached hydrogens (tertiary/aromatic N) is 2. The number of halogens is 2. The standard InChI is InChI=1S/C22H27ClFN3O2/c1-14-3-2-9-22(29,11-14)13-25-21(28)20-16-4-7-19(27-10-8-15(24)12-27)26-18(16)6-5-17(20)23/h4-7,14-15,29H,2-3,8-13H2,1H3,(H,25,28)/t14-,15+,22-/m0/s1. The van der Waals surface area contributed by atoms with Gasteiger partial charge in [0.2, 0.25) is 0 Å². The van der Waals surface area contributed by atoms with Crippen molar-refractivity contribution < 1.29 is 14.3 Å². The molecule has 2 aliphatic rings. The van der Waals surface area contributed by atoms with Gasteiger partial charge in [-0.05, 0) is 49.4 Å². The molecule has 3 atom stereocenters. The number of nitrogens with one attached hydrogen (secondary N) is 1. The number of anilines is 1. The van der Waals surface area contributed by atoms with E-state index >= 15 is 0 Å². The average Bonchev–Trinajstić information content (AvgIpc) is 3.12. The van der Waals surface area contributed by atoms with Gasteiger partial charge >= 0.3 is 0 Å². The van der Waals surface area contributed by atoms with Crippen LogP contribution in [0.15, 0.2) is 24.3 Å². The minimum Gasteiger partial charge on any atom is -0.388 e. The number of benzene rings is 1. The van der Waals surface area contributed by atoms with E-state index in [2.05, 4.69) is 17.2 Å². The van der Waals surface area contributed by atoms with Crippen molar-refractivity contribution >= 4 is 34.2 Å². The lowest BCUT2D eigenvalue weighted by molar-refractivity contribution is -0.0109. The average molecular weight is 420 g/mol. The van der Waals surface area contributed by atoms with E-state index in [0.29, 0.717) is 65.6 Å². The first-order valence-electron chi connectivity index (χ1n) is 10.3. The van der Waals surface area contributed by atoms with Crippen molar-refractivity contribution in [3.05, 3.63) is 34.9 Å². The topological polar surface area (TPSA) is 65.5 Å². The normalized spacial score (nSPS) is 27.4. The molecule has 0 unspecified atom stereocenters. The first kappa shape index (κ1) is 20.4. The van der Waals surface area contributed by atoms with E-state index in [1.165, 1.54) is 0 Å². The molecule has 4 rings (SSSR count). The van der Waals surface area contributed by atoms with Gasteiger partial charge in [-0.15, -0.1) is 0 Å². The molecule has 1 saturated carbocycles. The molecule has 1 saturated heterocycles. The van der Waals surface area contributed by atoms with Crippen LogP contribution in [0.2, 0.25) is 5.02 Å². The number of pyridine rings is 1. The van der Waals surface area contributed by atoms with Gasteiger partial charge in [0, 0.05) is 18.5 Å². The number of aromatic nitrogens is 1. The number of amides is 1. The molecule has 7 heteroatoms. The Labute approximate surface area is 175 Å². The summed E-state index contributed by atoms with van der Waals surface area (Å²) in [5, 5.41) is 14.7. The summed E-state index contributed by atoms with van der Waals surface area (Å²) >= 11 is 6.35. The highest BCUT2D eigenvalue weighted by molar-refractivity contribution is 6.35. The highest BCUT2D eigenvalue weighted by atomic mass is 35.5. The number of hydrogen-bond donors (Lipinski definition) is 2. The van der Waals surface area contributed by atoms with E-state index in [9.17, 15) is 14.3 Å². The second kappa shape index (κ2) is 8.07. The van der Waals surface area contributed by atoms with Gasteiger partial charge in [-0.3, -0.25) is 4.79 Å². The molecule has 2 aromatic rings. The Hall–Kier alpha value is -1.92. The van der Waals surface area contributed by atoms with E-state index in [-0.39, 0.29) is 12.5 Å². The van der Waals surface area contributed by atoms with Crippen LogP contribution in [-0.2, 0) is 0 Å². The summed E-state index contributed by atoms with van der Waals surface area (Å²) in [6, 6.07) is 7.07. The van der Waals surface area contributed by atoms with E-state index < -0.39 is 11.8 Å². The summed E-state index contributed by atoms with van der Waals surface area (Å²) < 4.78 is 13.5. The Morgan fingerprint density at radius 2 is 2.21 bits per heavy atom. The van der Waals surface area contributed by atoms with E-state index in [1.54, 1.807) is 12.1 Å². The Bertz CT molecular complexity index is 924. The zero-order valence-corrected chi connectivity index (χ0v) is 17.4. The van der Waals surface area contributed by atoms with Gasteiger partial charge in [0.25, 0.3) is 5.91 Å². The Morgan fingerprint density at radius 3 is 2.93 bits per heavy atom. The smallest absolute Gasteiger partial charge is 0.253 e. The van der Waals surface area contributed by atoms with Gasteiger partial charge in [-0.1, -0.05) is 31.4 Å². The van der Waals surface area contributed by atoms with Crippen LogP contribution in [-0.4, -0.2) is 47.4 Å². The number of alkyl halides is 1. The van der Waals surface area contributed by atoms with Crippen molar-refractivity contribution in [1.29, 1.82) is 0 Å². The lowest BCUT2D eigenvalue weighted by atomic mass is 9.79. The van der Waals surface area contributed by atoms with Crippen LogP contribution in [0.3, 0.4) is 0 Å². The van der Waals surface area contributed by atoms with Crippen molar-refractivity contribution in [2.24, 2.45) is 5.92 Å². The lowest BCUT2D eigenvalue weighted by Crippen LogP contribution is -2.45. The van der Waals surface area contributed by atoms with Crippen LogP contribution in [0.4, 0.5) is 10.2 Å². The van der Waals surface area contributed by atoms with Crippen LogP contribution in [0.1, 0.15) is 49.4 Å². The van der Waals surface area contributed by atoms with Gasteiger partial charge in [-0.25, -0.2) is 9.37 Å². The molecule has 1 aromatic heterocycles. The quantitative estimate of drug-likeness (QED) is 0.782. The minimum absolute atomic E-state index is 0.208. The Kier molecular flexibility index (Phi) is 5.67. The number of fused-ring (bicyclic) bond motifs is 1. The maximum absolute atomic E-state index is 13.5. The highest BCUT2D eigenvalue weighted by Crippen LogP contribution is 2.32. The SMILES string of the molecule is C[C@H]1CCC[C@@](O)(CNC(=O)c2c(Cl)ccc3nc(N4CC[C@@H](F)C4)ccc23)C1. The second-order valence-corrected chi connectivity index (χ2v) is 9.01. The second-order valence-electron chi connectivity index (χ2n) is 8.60. The summed E-state index contributed by atoms with van der Waals surface area (Å²) in [5.74, 6) is 0.840. The predicted octanol–water partition coefficient (Wildman–Crippen LogP) is 4.11. The number of carbonyl (C=O) groups is 1. The third-order valence-corrected chi connectivity index (χ3v) is 6.45. The monoisotopic (exact) mass is 419 g/mol. The van der Waals surface area contributed by atoms with Crippen LogP contribution < -0.4 is 10.2 Å². The number of aliphatic hydroxyl groups is 1. The molecule has 2 N–H and O–H groups in total. The molecule has 2 fully saturated rings. The van der Waals surface area contributed by atoms with Crippen molar-refractivity contribution in [2.75, 3.05) is 24.5 Å². The molecule has 1 aliphatic carbocycles. The molecule has 5 nitrogen and oxygen atoms in total. The number of hydrogen-bond acceptors (Lipinski definition) is 4. The molecule has 1 aromatic carbocycles. The van der Waals surface area contributed by atoms with Crippen LogP contribution >= 0.6 is 11.6 Å². The molecule has 0 bridgehead atoms. The molecule has 0 spiro atoms. The van der Waals surface area contributed by atoms with Gasteiger partial charge in [0.15, 0.2) is 0 Å². The van der Waals surface area contributed by atoms with Gasteiger partial charge < -0.3 is 15.3 Å². The molecule has 1 amide bonds. The van der Waals surface area contributed by atoms with E-state index in [1.807, 2.05) is 17.0 Å². The molecule has 2 heterocycles. The fourth-order valence-electron chi connectivity index (χ4n) is 4.63. The fourth-order valence-corrected chi connectivity index (χ4v) is 4.88. The lowest BCUT2D eigenvalue weighted by Gasteiger charge is -2.35. The van der Waals surface area contributed by atoms with Crippen LogP contribution in [0, 0.1) is 5.92 Å². The maximum atomic E-state index is 13.5. The van der Waals surface area contributed by atoms with E-state index in [4.69, 9.17) is 11.6 Å². The zero-order valence-electron chi connectivity index (χ0n) is 16.6. The van der Waals surface area contributed by atoms with Gasteiger partial charge in [-0.2, -0.15) is 0 Å². The van der Waals surface area contributed by atoms with Gasteiger partial charge in [0.1, 0.15) is 12.0 Å². The number of carbonyl (C=O) groups excluding carboxylic acids is 1. The van der Waals surface area contributed by atoms with Crippen LogP contribution in [0.5, 0.6) is 0 Å². The molecule has 156 valence electrons. The Balaban J connectivity index is 1.56. The van der Waals surface area contributed by atoms with E-state index in [0.717, 1.165) is 12.8 Å².